The Balaban J connectivity index is 2.52. The molecule has 0 atom stereocenters. The van der Waals surface area contributed by atoms with Gasteiger partial charge in [0.1, 0.15) is 0 Å². The Morgan fingerprint density at radius 2 is 1.48 bits per heavy atom. The van der Waals surface area contributed by atoms with E-state index in [4.69, 9.17) is 5.10 Å². The third-order valence-electron chi connectivity index (χ3n) is 5.20. The first-order chi connectivity index (χ1) is 12.2. The van der Waals surface area contributed by atoms with Crippen molar-refractivity contribution < 1.29 is 0 Å². The maximum absolute atomic E-state index is 4.79. The van der Waals surface area contributed by atoms with Crippen molar-refractivity contribution in [3.05, 3.63) is 30.2 Å². The molecule has 0 amide bonds. The van der Waals surface area contributed by atoms with Crippen molar-refractivity contribution in [2.45, 2.75) is 79.5 Å². The number of pyridine rings is 1. The summed E-state index contributed by atoms with van der Waals surface area (Å²) in [6, 6.07) is 6.13. The summed E-state index contributed by atoms with van der Waals surface area (Å²) in [5.41, 5.74) is 0. The Labute approximate surface area is 157 Å². The van der Waals surface area contributed by atoms with Crippen molar-refractivity contribution in [1.29, 1.82) is 0 Å². The molecule has 2 rings (SSSR count). The van der Waals surface area contributed by atoms with Crippen LogP contribution in [0, 0.1) is 6.92 Å². The molecule has 0 saturated heterocycles. The summed E-state index contributed by atoms with van der Waals surface area (Å²) in [5, 5.41) is 9.30. The zero-order valence-electron chi connectivity index (χ0n) is 16.5. The number of aryl methyl sites for hydroxylation is 1. The van der Waals surface area contributed by atoms with Gasteiger partial charge in [-0.25, -0.2) is 0 Å². The molecular formula is C20H34N4Sn. The fourth-order valence-electron chi connectivity index (χ4n) is 3.72. The van der Waals surface area contributed by atoms with Crippen molar-refractivity contribution in [2.75, 3.05) is 0 Å². The first-order valence-corrected chi connectivity index (χ1v) is 17.5. The average Bonchev–Trinajstić information content (AvgIpc) is 3.04. The van der Waals surface area contributed by atoms with Crippen LogP contribution in [0.1, 0.15) is 65.1 Å². The molecule has 0 aliphatic heterocycles. The third kappa shape index (κ3) is 5.05. The first-order valence-electron chi connectivity index (χ1n) is 10.0. The number of hydrogen-bond donors (Lipinski definition) is 0. The van der Waals surface area contributed by atoms with Crippen molar-refractivity contribution in [3.8, 4) is 5.82 Å². The Hall–Kier alpha value is -0.911. The minimum absolute atomic E-state index is 0.985. The van der Waals surface area contributed by atoms with Gasteiger partial charge in [-0.3, -0.25) is 0 Å². The molecule has 0 fully saturated rings. The molecule has 0 radical (unpaired) electrons. The summed E-state index contributed by atoms with van der Waals surface area (Å²) in [5.74, 6) is 1.98. The summed E-state index contributed by atoms with van der Waals surface area (Å²) in [4.78, 5) is 4.61. The van der Waals surface area contributed by atoms with Crippen molar-refractivity contribution >= 4 is 22.2 Å². The van der Waals surface area contributed by atoms with E-state index in [-0.39, 0.29) is 0 Å². The van der Waals surface area contributed by atoms with Crippen molar-refractivity contribution in [3.63, 3.8) is 0 Å². The van der Waals surface area contributed by atoms with E-state index < -0.39 is 18.4 Å². The van der Waals surface area contributed by atoms with Crippen LogP contribution in [0.15, 0.2) is 24.4 Å². The van der Waals surface area contributed by atoms with Crippen molar-refractivity contribution in [2.24, 2.45) is 0 Å². The number of unbranched alkanes of at least 4 members (excludes halogenated alkanes) is 3. The topological polar surface area (TPSA) is 43.6 Å². The van der Waals surface area contributed by atoms with Crippen LogP contribution in [-0.2, 0) is 0 Å². The molecule has 5 heteroatoms. The minimum atomic E-state index is -2.62. The fraction of sp³-hybridized carbons (Fsp3) is 0.650. The van der Waals surface area contributed by atoms with Crippen LogP contribution in [0.4, 0.5) is 0 Å². The molecule has 4 nitrogen and oxygen atoms in total. The molecule has 0 saturated carbocycles. The predicted octanol–water partition coefficient (Wildman–Crippen LogP) is 5.03. The van der Waals surface area contributed by atoms with Gasteiger partial charge in [-0.1, -0.05) is 0 Å². The SMILES string of the molecule is CCC[CH2][Sn]([CH2]CCC)([CH2]CCC)[c]1nnc(C)n1-c1ccccn1. The van der Waals surface area contributed by atoms with Gasteiger partial charge in [-0.2, -0.15) is 0 Å². The summed E-state index contributed by atoms with van der Waals surface area (Å²) in [7, 11) is 0. The number of nitrogens with zero attached hydrogens (tertiary/aromatic N) is 4. The average molecular weight is 449 g/mol. The van der Waals surface area contributed by atoms with Crippen molar-refractivity contribution in [1.82, 2.24) is 19.7 Å². The van der Waals surface area contributed by atoms with Gasteiger partial charge < -0.3 is 0 Å². The molecule has 0 aliphatic rings. The molecule has 0 aliphatic carbocycles. The van der Waals surface area contributed by atoms with E-state index in [1.807, 2.05) is 12.3 Å². The van der Waals surface area contributed by atoms with E-state index in [9.17, 15) is 0 Å². The second-order valence-electron chi connectivity index (χ2n) is 7.19. The Morgan fingerprint density at radius 1 is 0.880 bits per heavy atom. The van der Waals surface area contributed by atoms with Crippen LogP contribution >= 0.6 is 0 Å². The zero-order chi connectivity index (χ0) is 18.1. The number of hydrogen-bond acceptors (Lipinski definition) is 3. The molecule has 0 spiro atoms. The van der Waals surface area contributed by atoms with Crippen LogP contribution in [0.2, 0.25) is 13.3 Å². The van der Waals surface area contributed by atoms with Gasteiger partial charge in [0, 0.05) is 0 Å². The van der Waals surface area contributed by atoms with E-state index in [1.165, 1.54) is 55.7 Å². The normalized spacial score (nSPS) is 11.8. The molecular weight excluding hydrogens is 415 g/mol. The molecule has 25 heavy (non-hydrogen) atoms. The van der Waals surface area contributed by atoms with E-state index in [0.29, 0.717) is 0 Å². The van der Waals surface area contributed by atoms with Gasteiger partial charge in [-0.05, 0) is 0 Å². The molecule has 2 aromatic rings. The summed E-state index contributed by atoms with van der Waals surface area (Å²) < 4.78 is 7.82. The Kier molecular flexibility index (Phi) is 8.40. The summed E-state index contributed by atoms with van der Waals surface area (Å²) in [6.45, 7) is 9.00. The number of rotatable bonds is 11. The predicted molar refractivity (Wildman–Crippen MR) is 108 cm³/mol. The van der Waals surface area contributed by atoms with E-state index in [2.05, 4.69) is 54.5 Å². The van der Waals surface area contributed by atoms with Gasteiger partial charge in [-0.15, -0.1) is 0 Å². The van der Waals surface area contributed by atoms with Crippen LogP contribution in [0.5, 0.6) is 0 Å². The van der Waals surface area contributed by atoms with Gasteiger partial charge in [0.25, 0.3) is 0 Å². The second kappa shape index (κ2) is 10.3. The van der Waals surface area contributed by atoms with Gasteiger partial charge >= 0.3 is 158 Å². The van der Waals surface area contributed by atoms with Gasteiger partial charge in [0.2, 0.25) is 0 Å². The molecule has 0 unspecified atom stereocenters. The third-order valence-corrected chi connectivity index (χ3v) is 20.1. The first kappa shape index (κ1) is 20.4. The van der Waals surface area contributed by atoms with Gasteiger partial charge in [0.15, 0.2) is 0 Å². The van der Waals surface area contributed by atoms with E-state index in [0.717, 1.165) is 11.6 Å². The Morgan fingerprint density at radius 3 is 1.96 bits per heavy atom. The molecule has 0 N–H and O–H groups in total. The quantitative estimate of drug-likeness (QED) is 0.453. The van der Waals surface area contributed by atoms with Crippen LogP contribution in [0.25, 0.3) is 5.82 Å². The molecule has 2 heterocycles. The summed E-state index contributed by atoms with van der Waals surface area (Å²) in [6.07, 6.45) is 9.68. The fourth-order valence-corrected chi connectivity index (χ4v) is 19.5. The Bertz CT molecular complexity index is 602. The molecule has 0 aromatic carbocycles. The molecule has 0 bridgehead atoms. The number of aromatic nitrogens is 4. The molecule has 138 valence electrons. The monoisotopic (exact) mass is 450 g/mol. The van der Waals surface area contributed by atoms with E-state index in [1.54, 1.807) is 0 Å². The standard InChI is InChI=1S/C8H7N4.3C4H9.Sn/c1-7-11-10-6-12(7)8-4-2-3-5-9-8;3*1-3-4-2;/h2-5H,1H3;3*1,3-4H2,2H3;. The summed E-state index contributed by atoms with van der Waals surface area (Å²) >= 11 is -2.62. The van der Waals surface area contributed by atoms with Crippen LogP contribution < -0.4 is 3.84 Å². The van der Waals surface area contributed by atoms with Crippen LogP contribution in [0.3, 0.4) is 0 Å². The maximum atomic E-state index is 4.79. The van der Waals surface area contributed by atoms with E-state index >= 15 is 0 Å². The zero-order valence-corrected chi connectivity index (χ0v) is 19.3. The molecule has 2 aromatic heterocycles. The van der Waals surface area contributed by atoms with Crippen LogP contribution in [-0.4, -0.2) is 38.1 Å². The van der Waals surface area contributed by atoms with Gasteiger partial charge in [0.05, 0.1) is 0 Å². The second-order valence-corrected chi connectivity index (χ2v) is 20.1.